The van der Waals surface area contributed by atoms with Gasteiger partial charge in [0, 0.05) is 43.7 Å². The van der Waals surface area contributed by atoms with E-state index in [2.05, 4.69) is 21.3 Å². The molecule has 0 fully saturated rings. The summed E-state index contributed by atoms with van der Waals surface area (Å²) in [6.45, 7) is 5.90. The van der Waals surface area contributed by atoms with Crippen LogP contribution in [0.15, 0.2) is 66.7 Å². The van der Waals surface area contributed by atoms with Crippen LogP contribution in [0.4, 0.5) is 0 Å². The number of nitrogens with zero attached hydrogens (tertiary/aromatic N) is 1. The lowest BCUT2D eigenvalue weighted by molar-refractivity contribution is -0.132. The summed E-state index contributed by atoms with van der Waals surface area (Å²) in [7, 11) is 2.96. The molecule has 0 unspecified atom stereocenters. The van der Waals surface area contributed by atoms with Crippen molar-refractivity contribution in [3.8, 4) is 23.0 Å². The Kier molecular flexibility index (Phi) is 13.2. The second-order valence-electron chi connectivity index (χ2n) is 12.2. The number of fused-ring (bicyclic) bond motifs is 2. The highest BCUT2D eigenvalue weighted by Gasteiger charge is 2.27. The molecular formula is C37H45N5O8. The molecule has 6 rings (SSSR count). The topological polar surface area (TPSA) is 164 Å². The Hall–Kier alpha value is -5.59. The van der Waals surface area contributed by atoms with Gasteiger partial charge >= 0.3 is 0 Å². The second-order valence-corrected chi connectivity index (χ2v) is 12.2. The van der Waals surface area contributed by atoms with Crippen molar-refractivity contribution in [3.05, 3.63) is 83.4 Å². The average molecular weight is 688 g/mol. The molecule has 4 bridgehead atoms. The van der Waals surface area contributed by atoms with E-state index in [0.717, 1.165) is 5.56 Å². The fourth-order valence-electron chi connectivity index (χ4n) is 5.32. The van der Waals surface area contributed by atoms with E-state index in [1.165, 1.54) is 14.2 Å². The van der Waals surface area contributed by atoms with E-state index in [0.29, 0.717) is 40.5 Å². The lowest BCUT2D eigenvalue weighted by Crippen LogP contribution is -2.54. The number of rotatable bonds is 4. The van der Waals surface area contributed by atoms with Crippen LogP contribution in [-0.2, 0) is 20.9 Å². The van der Waals surface area contributed by atoms with E-state index < -0.39 is 18.0 Å². The first-order chi connectivity index (χ1) is 24.0. The zero-order valence-corrected chi connectivity index (χ0v) is 29.0. The Balaban J connectivity index is 1.60. The molecule has 3 heterocycles. The first-order valence-corrected chi connectivity index (χ1v) is 16.5. The van der Waals surface area contributed by atoms with Crippen molar-refractivity contribution in [1.82, 2.24) is 26.2 Å². The van der Waals surface area contributed by atoms with Crippen LogP contribution in [0.3, 0.4) is 0 Å². The molecule has 266 valence electrons. The van der Waals surface area contributed by atoms with Crippen molar-refractivity contribution in [2.75, 3.05) is 33.9 Å². The molecule has 4 N–H and O–H groups in total. The Morgan fingerprint density at radius 1 is 0.840 bits per heavy atom. The van der Waals surface area contributed by atoms with E-state index in [-0.39, 0.29) is 62.1 Å². The molecule has 3 aromatic rings. The van der Waals surface area contributed by atoms with Crippen LogP contribution in [0, 0.1) is 5.92 Å². The van der Waals surface area contributed by atoms with E-state index in [1.54, 1.807) is 72.5 Å². The molecule has 0 aliphatic carbocycles. The molecule has 5 amide bonds. The first kappa shape index (κ1) is 37.2. The number of carbonyl (C=O) groups excluding carboxylic acids is 5. The van der Waals surface area contributed by atoms with Gasteiger partial charge in [-0.3, -0.25) is 24.0 Å². The molecule has 0 aromatic heterocycles. The number of benzene rings is 3. The number of nitrogens with one attached hydrogen (secondary N) is 4. The van der Waals surface area contributed by atoms with E-state index >= 15 is 0 Å². The van der Waals surface area contributed by atoms with E-state index in [1.807, 2.05) is 19.9 Å². The average Bonchev–Trinajstić information content (AvgIpc) is 3.11. The van der Waals surface area contributed by atoms with Gasteiger partial charge < -0.3 is 40.4 Å². The maximum absolute atomic E-state index is 13.4. The van der Waals surface area contributed by atoms with Crippen molar-refractivity contribution in [2.24, 2.45) is 5.92 Å². The van der Waals surface area contributed by atoms with Gasteiger partial charge in [0.05, 0.1) is 14.2 Å². The summed E-state index contributed by atoms with van der Waals surface area (Å²) < 4.78 is 17.2. The van der Waals surface area contributed by atoms with Gasteiger partial charge in [0.1, 0.15) is 12.1 Å². The highest BCUT2D eigenvalue weighted by Crippen LogP contribution is 2.37. The summed E-state index contributed by atoms with van der Waals surface area (Å²) in [6, 6.07) is 16.9. The molecule has 13 nitrogen and oxygen atoms in total. The quantitative estimate of drug-likeness (QED) is 0.324. The van der Waals surface area contributed by atoms with Crippen LogP contribution in [-0.4, -0.2) is 80.4 Å². The maximum Gasteiger partial charge on any atom is 0.253 e. The summed E-state index contributed by atoms with van der Waals surface area (Å²) in [4.78, 5) is 67.1. The Bertz CT molecular complexity index is 1680. The third kappa shape index (κ3) is 9.97. The standard InChI is InChI=1S/C37H45N5O8/c1-23(2)33-36(46)39-22-25-13-15-28(30(20-25)48-4)50-29-16-14-27(21-31(29)49-5)35(45)38-17-19-42(37(47)26-10-7-6-8-11-26)18-9-12-32(43)40-24(3)34(44)41-33/h6-8,10-11,13-16,20-21,23-24,33H,9,12,17-19,22H2,1-5H3,(H,38,45)(H,39,46)(H,40,43)(H,41,44)/t24-,33+/m1/s1. The molecule has 3 aliphatic rings. The number of ether oxygens (including phenoxy) is 3. The molecule has 3 aromatic carbocycles. The predicted octanol–water partition coefficient (Wildman–Crippen LogP) is 3.42. The Morgan fingerprint density at radius 2 is 1.52 bits per heavy atom. The molecule has 3 aliphatic heterocycles. The summed E-state index contributed by atoms with van der Waals surface area (Å²) in [5.74, 6) is -0.685. The number of amides is 5. The first-order valence-electron chi connectivity index (χ1n) is 16.5. The summed E-state index contributed by atoms with van der Waals surface area (Å²) in [5.41, 5.74) is 1.52. The molecule has 50 heavy (non-hydrogen) atoms. The van der Waals surface area contributed by atoms with Crippen LogP contribution < -0.4 is 35.5 Å². The summed E-state index contributed by atoms with van der Waals surface area (Å²) in [6.07, 6.45) is 0.362. The zero-order chi connectivity index (χ0) is 36.2. The van der Waals surface area contributed by atoms with Crippen LogP contribution in [0.5, 0.6) is 23.0 Å². The minimum Gasteiger partial charge on any atom is -0.493 e. The lowest BCUT2D eigenvalue weighted by Gasteiger charge is -2.25. The van der Waals surface area contributed by atoms with Crippen molar-refractivity contribution >= 4 is 29.5 Å². The maximum atomic E-state index is 13.4. The van der Waals surface area contributed by atoms with E-state index in [9.17, 15) is 24.0 Å². The molecule has 0 radical (unpaired) electrons. The minimum atomic E-state index is -0.906. The summed E-state index contributed by atoms with van der Waals surface area (Å²) >= 11 is 0. The molecule has 13 heteroatoms. The Morgan fingerprint density at radius 3 is 2.20 bits per heavy atom. The summed E-state index contributed by atoms with van der Waals surface area (Å²) in [5, 5.41) is 11.2. The van der Waals surface area contributed by atoms with Gasteiger partial charge in [-0.1, -0.05) is 38.1 Å². The lowest BCUT2D eigenvalue weighted by atomic mass is 10.0. The monoisotopic (exact) mass is 687 g/mol. The highest BCUT2D eigenvalue weighted by molar-refractivity contribution is 5.96. The molecule has 0 spiro atoms. The van der Waals surface area contributed by atoms with Crippen LogP contribution in [0.1, 0.15) is 59.9 Å². The Labute approximate surface area is 292 Å². The van der Waals surface area contributed by atoms with Gasteiger partial charge in [-0.15, -0.1) is 0 Å². The number of hydrogen-bond donors (Lipinski definition) is 4. The smallest absolute Gasteiger partial charge is 0.253 e. The number of carbonyl (C=O) groups is 5. The van der Waals surface area contributed by atoms with Crippen molar-refractivity contribution < 1.29 is 38.2 Å². The molecule has 0 saturated carbocycles. The highest BCUT2D eigenvalue weighted by atomic mass is 16.5. The second kappa shape index (κ2) is 17.7. The molecular weight excluding hydrogens is 642 g/mol. The van der Waals surface area contributed by atoms with Gasteiger partial charge in [-0.05, 0) is 67.3 Å². The fraction of sp³-hybridized carbons (Fsp3) is 0.378. The van der Waals surface area contributed by atoms with Gasteiger partial charge in [-0.2, -0.15) is 0 Å². The van der Waals surface area contributed by atoms with Crippen LogP contribution in [0.25, 0.3) is 0 Å². The zero-order valence-electron chi connectivity index (χ0n) is 29.0. The van der Waals surface area contributed by atoms with Crippen molar-refractivity contribution in [1.29, 1.82) is 0 Å². The number of hydrogen-bond acceptors (Lipinski definition) is 8. The fourth-order valence-corrected chi connectivity index (χ4v) is 5.32. The molecule has 0 saturated heterocycles. The van der Waals surface area contributed by atoms with Crippen LogP contribution >= 0.6 is 0 Å². The predicted molar refractivity (Wildman–Crippen MR) is 186 cm³/mol. The SMILES string of the molecule is COc1cc2ccc1Oc1ccc(cc1OC)C(=O)NCCN(C(=O)c1ccccc1)CCCC(=O)N[C@H](C)C(=O)N[C@@H](C(C)C)C(=O)NC2. The van der Waals surface area contributed by atoms with Crippen molar-refractivity contribution in [2.45, 2.75) is 52.2 Å². The third-order valence-electron chi connectivity index (χ3n) is 8.17. The molecule has 2 atom stereocenters. The third-order valence-corrected chi connectivity index (χ3v) is 8.17. The van der Waals surface area contributed by atoms with Gasteiger partial charge in [0.2, 0.25) is 17.7 Å². The minimum absolute atomic E-state index is 0.0487. The number of methoxy groups -OCH3 is 2. The van der Waals surface area contributed by atoms with Gasteiger partial charge in [0.25, 0.3) is 11.8 Å². The van der Waals surface area contributed by atoms with Gasteiger partial charge in [0.15, 0.2) is 23.0 Å². The van der Waals surface area contributed by atoms with E-state index in [4.69, 9.17) is 14.2 Å². The van der Waals surface area contributed by atoms with Gasteiger partial charge in [-0.25, -0.2) is 0 Å². The normalized spacial score (nSPS) is 18.4. The van der Waals surface area contributed by atoms with Crippen LogP contribution in [0.2, 0.25) is 0 Å². The largest absolute Gasteiger partial charge is 0.493 e. The van der Waals surface area contributed by atoms with Crippen molar-refractivity contribution in [3.63, 3.8) is 0 Å².